The van der Waals surface area contributed by atoms with Crippen LogP contribution >= 0.6 is 0 Å². The number of carbonyl (C=O) groups is 1. The summed E-state index contributed by atoms with van der Waals surface area (Å²) in [5.41, 5.74) is 7.36. The van der Waals surface area contributed by atoms with Crippen LogP contribution in [0.1, 0.15) is 12.0 Å². The summed E-state index contributed by atoms with van der Waals surface area (Å²) in [6.45, 7) is 0. The van der Waals surface area contributed by atoms with Crippen LogP contribution in [0.25, 0.3) is 0 Å². The number of aromatic nitrogens is 1. The SMILES string of the molecule is CN1C(=O)[C@H](N)CCc2cc(=O)n(C)cc21. The highest BCUT2D eigenvalue weighted by molar-refractivity contribution is 5.97. The van der Waals surface area contributed by atoms with Crippen LogP contribution in [-0.2, 0) is 18.3 Å². The Bertz CT molecular complexity index is 492. The Hall–Kier alpha value is -1.62. The van der Waals surface area contributed by atoms with Crippen LogP contribution in [0.15, 0.2) is 17.1 Å². The Labute approximate surface area is 93.5 Å². The number of aryl methyl sites for hydroxylation is 2. The fourth-order valence-electron chi connectivity index (χ4n) is 1.96. The molecular weight excluding hydrogens is 206 g/mol. The topological polar surface area (TPSA) is 68.3 Å². The minimum Gasteiger partial charge on any atom is -0.320 e. The maximum Gasteiger partial charge on any atom is 0.250 e. The molecule has 1 aliphatic rings. The van der Waals surface area contributed by atoms with Crippen LogP contribution in [-0.4, -0.2) is 23.6 Å². The van der Waals surface area contributed by atoms with Gasteiger partial charge in [0.25, 0.3) is 5.56 Å². The van der Waals surface area contributed by atoms with E-state index in [-0.39, 0.29) is 11.5 Å². The van der Waals surface area contributed by atoms with Crippen molar-refractivity contribution in [1.82, 2.24) is 4.57 Å². The highest BCUT2D eigenvalue weighted by Crippen LogP contribution is 2.23. The van der Waals surface area contributed by atoms with Gasteiger partial charge in [-0.15, -0.1) is 0 Å². The summed E-state index contributed by atoms with van der Waals surface area (Å²) in [4.78, 5) is 24.9. The number of hydrogen-bond donors (Lipinski definition) is 1. The molecule has 5 heteroatoms. The van der Waals surface area contributed by atoms with Gasteiger partial charge in [-0.25, -0.2) is 0 Å². The third-order valence-corrected chi connectivity index (χ3v) is 3.02. The van der Waals surface area contributed by atoms with Gasteiger partial charge >= 0.3 is 0 Å². The number of hydrogen-bond acceptors (Lipinski definition) is 3. The predicted molar refractivity (Wildman–Crippen MR) is 61.4 cm³/mol. The number of nitrogens with two attached hydrogens (primary N) is 1. The Morgan fingerprint density at radius 2 is 2.06 bits per heavy atom. The van der Waals surface area contributed by atoms with Gasteiger partial charge in [0.15, 0.2) is 0 Å². The second-order valence-electron chi connectivity index (χ2n) is 4.18. The van der Waals surface area contributed by atoms with E-state index >= 15 is 0 Å². The van der Waals surface area contributed by atoms with Gasteiger partial charge < -0.3 is 15.2 Å². The second-order valence-corrected chi connectivity index (χ2v) is 4.18. The van der Waals surface area contributed by atoms with E-state index in [9.17, 15) is 9.59 Å². The molecule has 1 aromatic rings. The summed E-state index contributed by atoms with van der Waals surface area (Å²) in [5, 5.41) is 0. The summed E-state index contributed by atoms with van der Waals surface area (Å²) < 4.78 is 1.47. The van der Waals surface area contributed by atoms with Gasteiger partial charge in [0.2, 0.25) is 5.91 Å². The van der Waals surface area contributed by atoms with Gasteiger partial charge in [-0.3, -0.25) is 9.59 Å². The van der Waals surface area contributed by atoms with Crippen molar-refractivity contribution < 1.29 is 4.79 Å². The zero-order valence-corrected chi connectivity index (χ0v) is 9.43. The molecule has 0 radical (unpaired) electrons. The number of anilines is 1. The van der Waals surface area contributed by atoms with E-state index < -0.39 is 6.04 Å². The predicted octanol–water partition coefficient (Wildman–Crippen LogP) is -0.378. The molecule has 86 valence electrons. The number of amides is 1. The largest absolute Gasteiger partial charge is 0.320 e. The van der Waals surface area contributed by atoms with Crippen molar-refractivity contribution in [1.29, 1.82) is 0 Å². The Kier molecular flexibility index (Phi) is 2.55. The standard InChI is InChI=1S/C11H15N3O2/c1-13-6-9-7(5-10(13)15)3-4-8(12)11(16)14(9)2/h5-6,8H,3-4,12H2,1-2H3/t8-/m1/s1. The summed E-state index contributed by atoms with van der Waals surface area (Å²) in [7, 11) is 3.36. The average Bonchev–Trinajstić information content (AvgIpc) is 2.35. The molecule has 1 aromatic heterocycles. The van der Waals surface area contributed by atoms with Gasteiger partial charge in [-0.2, -0.15) is 0 Å². The van der Waals surface area contributed by atoms with Crippen molar-refractivity contribution in [3.63, 3.8) is 0 Å². The van der Waals surface area contributed by atoms with Gasteiger partial charge in [0.1, 0.15) is 0 Å². The summed E-state index contributed by atoms with van der Waals surface area (Å²) >= 11 is 0. The Morgan fingerprint density at radius 3 is 2.75 bits per heavy atom. The first kappa shape index (κ1) is 10.9. The molecule has 1 aliphatic heterocycles. The van der Waals surface area contributed by atoms with E-state index in [4.69, 9.17) is 5.73 Å². The van der Waals surface area contributed by atoms with Gasteiger partial charge in [-0.1, -0.05) is 0 Å². The van der Waals surface area contributed by atoms with E-state index in [1.165, 1.54) is 9.47 Å². The van der Waals surface area contributed by atoms with Gasteiger partial charge in [0, 0.05) is 26.4 Å². The van der Waals surface area contributed by atoms with Crippen LogP contribution < -0.4 is 16.2 Å². The number of carbonyl (C=O) groups excluding carboxylic acids is 1. The molecular formula is C11H15N3O2. The third kappa shape index (κ3) is 1.63. The molecule has 5 nitrogen and oxygen atoms in total. The molecule has 0 aromatic carbocycles. The molecule has 0 bridgehead atoms. The lowest BCUT2D eigenvalue weighted by Crippen LogP contribution is -2.40. The molecule has 0 spiro atoms. The monoisotopic (exact) mass is 221 g/mol. The molecule has 16 heavy (non-hydrogen) atoms. The van der Waals surface area contributed by atoms with Crippen LogP contribution in [0, 0.1) is 0 Å². The van der Waals surface area contributed by atoms with Crippen molar-refractivity contribution in [2.24, 2.45) is 12.8 Å². The number of rotatable bonds is 0. The lowest BCUT2D eigenvalue weighted by atomic mass is 10.1. The highest BCUT2D eigenvalue weighted by Gasteiger charge is 2.25. The first-order chi connectivity index (χ1) is 7.50. The van der Waals surface area contributed by atoms with E-state index in [0.29, 0.717) is 12.8 Å². The van der Waals surface area contributed by atoms with Crippen molar-refractivity contribution >= 4 is 11.6 Å². The maximum atomic E-state index is 11.8. The van der Waals surface area contributed by atoms with Crippen molar-refractivity contribution in [2.45, 2.75) is 18.9 Å². The fraction of sp³-hybridized carbons (Fsp3) is 0.455. The quantitative estimate of drug-likeness (QED) is 0.649. The molecule has 0 saturated carbocycles. The molecule has 0 unspecified atom stereocenters. The van der Waals surface area contributed by atoms with Crippen LogP contribution in [0.4, 0.5) is 5.69 Å². The van der Waals surface area contributed by atoms with Crippen LogP contribution in [0.2, 0.25) is 0 Å². The normalized spacial score (nSPS) is 20.6. The minimum absolute atomic E-state index is 0.0601. The average molecular weight is 221 g/mol. The van der Waals surface area contributed by atoms with Gasteiger partial charge in [0.05, 0.1) is 11.7 Å². The van der Waals surface area contributed by atoms with Crippen LogP contribution in [0.5, 0.6) is 0 Å². The van der Waals surface area contributed by atoms with E-state index in [1.54, 1.807) is 26.4 Å². The lowest BCUT2D eigenvalue weighted by molar-refractivity contribution is -0.119. The van der Waals surface area contributed by atoms with Crippen molar-refractivity contribution in [2.75, 3.05) is 11.9 Å². The molecule has 1 atom stereocenters. The lowest BCUT2D eigenvalue weighted by Gasteiger charge is -2.19. The fourth-order valence-corrected chi connectivity index (χ4v) is 1.96. The molecule has 2 N–H and O–H groups in total. The summed E-state index contributed by atoms with van der Waals surface area (Å²) in [5.74, 6) is -0.0996. The molecule has 0 fully saturated rings. The highest BCUT2D eigenvalue weighted by atomic mass is 16.2. The molecule has 2 rings (SSSR count). The zero-order chi connectivity index (χ0) is 11.9. The van der Waals surface area contributed by atoms with Crippen molar-refractivity contribution in [3.8, 4) is 0 Å². The smallest absolute Gasteiger partial charge is 0.250 e. The first-order valence-electron chi connectivity index (χ1n) is 5.23. The molecule has 1 amide bonds. The molecule has 0 saturated heterocycles. The Morgan fingerprint density at radius 1 is 1.38 bits per heavy atom. The van der Waals surface area contributed by atoms with E-state index in [0.717, 1.165) is 11.3 Å². The van der Waals surface area contributed by atoms with E-state index in [1.807, 2.05) is 0 Å². The molecule has 0 aliphatic carbocycles. The first-order valence-corrected chi connectivity index (χ1v) is 5.23. The third-order valence-electron chi connectivity index (χ3n) is 3.02. The number of nitrogens with zero attached hydrogens (tertiary/aromatic N) is 2. The van der Waals surface area contributed by atoms with Crippen molar-refractivity contribution in [3.05, 3.63) is 28.2 Å². The van der Waals surface area contributed by atoms with Gasteiger partial charge in [-0.05, 0) is 18.4 Å². The number of pyridine rings is 1. The van der Waals surface area contributed by atoms with Crippen LogP contribution in [0.3, 0.4) is 0 Å². The molecule has 2 heterocycles. The minimum atomic E-state index is -0.474. The second kappa shape index (κ2) is 3.75. The summed E-state index contributed by atoms with van der Waals surface area (Å²) in [6, 6.07) is 1.11. The zero-order valence-electron chi connectivity index (χ0n) is 9.43. The van der Waals surface area contributed by atoms with E-state index in [2.05, 4.69) is 0 Å². The number of likely N-dealkylation sites (N-methyl/N-ethyl adjacent to an activating group) is 1. The maximum absolute atomic E-state index is 11.8. The summed E-state index contributed by atoms with van der Waals surface area (Å²) in [6.07, 6.45) is 2.94. The number of fused-ring (bicyclic) bond motifs is 1. The Balaban J connectivity index is 2.57.